The minimum atomic E-state index is -4.71. The number of esters is 2. The van der Waals surface area contributed by atoms with Crippen molar-refractivity contribution in [2.24, 2.45) is 5.73 Å². The SMILES string of the molecule is CC/C=C\C/C=C\C/C=C\C/C=C\CCCCCCC(=O)OC(COC(=O)CCCCCCCCCCC)COP(=O)(O)OCC(N)C(=O)O. The number of nitrogens with two attached hydrogens (primary N) is 1. The molecule has 0 rings (SSSR count). The second-order valence-electron chi connectivity index (χ2n) is 12.3. The highest BCUT2D eigenvalue weighted by Crippen LogP contribution is 2.43. The van der Waals surface area contributed by atoms with Crippen LogP contribution >= 0.6 is 7.82 Å². The first kappa shape index (κ1) is 47.4. The normalized spacial score (nSPS) is 14.5. The molecule has 0 radical (unpaired) electrons. The van der Waals surface area contributed by atoms with E-state index in [2.05, 4.69) is 67.0 Å². The molecule has 3 atom stereocenters. The summed E-state index contributed by atoms with van der Waals surface area (Å²) < 4.78 is 32.5. The number of carboxylic acids is 1. The van der Waals surface area contributed by atoms with Gasteiger partial charge in [0, 0.05) is 12.8 Å². The predicted molar refractivity (Wildman–Crippen MR) is 198 cm³/mol. The van der Waals surface area contributed by atoms with Crippen molar-refractivity contribution in [3.05, 3.63) is 48.6 Å². The summed E-state index contributed by atoms with van der Waals surface area (Å²) in [6, 6.07) is -1.52. The standard InChI is InChI=1S/C38H66NO10P/c1-3-5-7-9-11-13-14-15-16-17-18-19-20-22-24-26-28-30-37(41)49-34(32-47-50(44,45)48-33-35(39)38(42)43)31-46-36(40)29-27-25-23-21-12-10-8-6-4-2/h5,7,11,13,15-16,18-19,34-35H,3-4,6,8-10,12,14,17,20-33,39H2,1-2H3,(H,42,43)(H,44,45)/b7-5-,13-11-,16-15-,19-18-. The molecule has 11 nitrogen and oxygen atoms in total. The molecular weight excluding hydrogens is 661 g/mol. The Kier molecular flexibility index (Phi) is 31.9. The molecule has 0 bridgehead atoms. The van der Waals surface area contributed by atoms with Gasteiger partial charge in [0.15, 0.2) is 6.10 Å². The third kappa shape index (κ3) is 32.6. The lowest BCUT2D eigenvalue weighted by atomic mass is 10.1. The molecule has 3 unspecified atom stereocenters. The lowest BCUT2D eigenvalue weighted by Crippen LogP contribution is -2.34. The molecule has 0 aromatic carbocycles. The summed E-state index contributed by atoms with van der Waals surface area (Å²) >= 11 is 0. The Morgan fingerprint density at radius 3 is 1.68 bits per heavy atom. The summed E-state index contributed by atoms with van der Waals surface area (Å²) in [7, 11) is -4.71. The van der Waals surface area contributed by atoms with Crippen molar-refractivity contribution in [2.75, 3.05) is 19.8 Å². The average molecular weight is 728 g/mol. The zero-order chi connectivity index (χ0) is 37.1. The molecule has 4 N–H and O–H groups in total. The van der Waals surface area contributed by atoms with E-state index >= 15 is 0 Å². The van der Waals surface area contributed by atoms with Gasteiger partial charge < -0.3 is 25.2 Å². The number of unbranched alkanes of at least 4 members (excludes halogenated alkanes) is 12. The van der Waals surface area contributed by atoms with Gasteiger partial charge in [0.2, 0.25) is 0 Å². The number of phosphoric ester groups is 1. The third-order valence-corrected chi connectivity index (χ3v) is 8.54. The molecule has 0 saturated heterocycles. The van der Waals surface area contributed by atoms with E-state index in [-0.39, 0.29) is 19.4 Å². The van der Waals surface area contributed by atoms with Crippen LogP contribution in [0.4, 0.5) is 0 Å². The molecule has 0 aromatic rings. The number of phosphoric acid groups is 1. The Balaban J connectivity index is 4.48. The van der Waals surface area contributed by atoms with E-state index in [1.807, 2.05) is 0 Å². The van der Waals surface area contributed by atoms with Crippen molar-refractivity contribution >= 4 is 25.7 Å². The van der Waals surface area contributed by atoms with Crippen LogP contribution in [0.1, 0.15) is 142 Å². The van der Waals surface area contributed by atoms with E-state index in [1.54, 1.807) is 0 Å². The van der Waals surface area contributed by atoms with Gasteiger partial charge >= 0.3 is 25.7 Å². The highest BCUT2D eigenvalue weighted by Gasteiger charge is 2.28. The van der Waals surface area contributed by atoms with E-state index < -0.39 is 51.1 Å². The number of hydrogen-bond acceptors (Lipinski definition) is 9. The fourth-order valence-corrected chi connectivity index (χ4v) is 5.42. The predicted octanol–water partition coefficient (Wildman–Crippen LogP) is 9.05. The smallest absolute Gasteiger partial charge is 0.472 e. The minimum Gasteiger partial charge on any atom is -0.480 e. The maximum atomic E-state index is 12.5. The molecule has 0 spiro atoms. The van der Waals surface area contributed by atoms with Crippen molar-refractivity contribution in [3.63, 3.8) is 0 Å². The van der Waals surface area contributed by atoms with Crippen molar-refractivity contribution < 1.29 is 47.5 Å². The molecule has 0 saturated carbocycles. The number of carboxylic acid groups (broad SMARTS) is 1. The average Bonchev–Trinajstić information content (AvgIpc) is 3.09. The van der Waals surface area contributed by atoms with Gasteiger partial charge in [0.1, 0.15) is 12.6 Å². The molecule has 0 heterocycles. The summed E-state index contributed by atoms with van der Waals surface area (Å²) in [4.78, 5) is 45.6. The van der Waals surface area contributed by atoms with Gasteiger partial charge in [-0.1, -0.05) is 127 Å². The van der Waals surface area contributed by atoms with Crippen molar-refractivity contribution in [3.8, 4) is 0 Å². The summed E-state index contributed by atoms with van der Waals surface area (Å²) in [5.41, 5.74) is 5.31. The van der Waals surface area contributed by atoms with Crippen LogP contribution in [0.3, 0.4) is 0 Å². The van der Waals surface area contributed by atoms with Crippen LogP contribution in [-0.4, -0.2) is 59.9 Å². The van der Waals surface area contributed by atoms with E-state index in [9.17, 15) is 23.8 Å². The fourth-order valence-electron chi connectivity index (χ4n) is 4.64. The van der Waals surface area contributed by atoms with Gasteiger partial charge in [-0.3, -0.25) is 23.4 Å². The zero-order valence-electron chi connectivity index (χ0n) is 30.7. The van der Waals surface area contributed by atoms with E-state index in [0.717, 1.165) is 70.6 Å². The Labute approximate surface area is 301 Å². The Hall–Kier alpha value is -2.56. The number of allylic oxidation sites excluding steroid dienone is 8. The quantitative estimate of drug-likeness (QED) is 0.0250. The van der Waals surface area contributed by atoms with Crippen LogP contribution in [0, 0.1) is 0 Å². The number of hydrogen-bond donors (Lipinski definition) is 3. The van der Waals surface area contributed by atoms with E-state index in [4.69, 9.17) is 24.8 Å². The van der Waals surface area contributed by atoms with E-state index in [0.29, 0.717) is 12.8 Å². The molecule has 12 heteroatoms. The van der Waals surface area contributed by atoms with Gasteiger partial charge in [-0.2, -0.15) is 0 Å². The van der Waals surface area contributed by atoms with Crippen LogP contribution in [-0.2, 0) is 37.5 Å². The fraction of sp³-hybridized carbons (Fsp3) is 0.711. The molecule has 0 amide bonds. The molecular formula is C38H66NO10P. The molecule has 0 aliphatic rings. The highest BCUT2D eigenvalue weighted by molar-refractivity contribution is 7.47. The first-order chi connectivity index (χ1) is 24.1. The van der Waals surface area contributed by atoms with Crippen LogP contribution in [0.25, 0.3) is 0 Å². The van der Waals surface area contributed by atoms with E-state index in [1.165, 1.54) is 32.1 Å². The van der Waals surface area contributed by atoms with Gasteiger partial charge in [0.25, 0.3) is 0 Å². The number of rotatable bonds is 34. The number of carbonyl (C=O) groups excluding carboxylic acids is 2. The van der Waals surface area contributed by atoms with Crippen molar-refractivity contribution in [1.29, 1.82) is 0 Å². The number of aliphatic carboxylic acids is 1. The number of ether oxygens (including phenoxy) is 2. The summed E-state index contributed by atoms with van der Waals surface area (Å²) in [6.07, 6.45) is 34.8. The monoisotopic (exact) mass is 727 g/mol. The van der Waals surface area contributed by atoms with Crippen LogP contribution in [0.2, 0.25) is 0 Å². The van der Waals surface area contributed by atoms with Crippen LogP contribution < -0.4 is 5.73 Å². The van der Waals surface area contributed by atoms with Crippen LogP contribution in [0.5, 0.6) is 0 Å². The summed E-state index contributed by atoms with van der Waals surface area (Å²) in [5, 5.41) is 8.85. The number of carbonyl (C=O) groups is 3. The van der Waals surface area contributed by atoms with Crippen molar-refractivity contribution in [1.82, 2.24) is 0 Å². The van der Waals surface area contributed by atoms with Gasteiger partial charge in [-0.05, 0) is 51.4 Å². The highest BCUT2D eigenvalue weighted by atomic mass is 31.2. The topological polar surface area (TPSA) is 172 Å². The maximum Gasteiger partial charge on any atom is 0.472 e. The molecule has 0 aliphatic heterocycles. The summed E-state index contributed by atoms with van der Waals surface area (Å²) in [6.45, 7) is 2.61. The first-order valence-corrected chi connectivity index (χ1v) is 20.2. The molecule has 0 aliphatic carbocycles. The Morgan fingerprint density at radius 1 is 0.640 bits per heavy atom. The van der Waals surface area contributed by atoms with Gasteiger partial charge in [0.05, 0.1) is 13.2 Å². The lowest BCUT2D eigenvalue weighted by Gasteiger charge is -2.20. The largest absolute Gasteiger partial charge is 0.480 e. The molecule has 50 heavy (non-hydrogen) atoms. The van der Waals surface area contributed by atoms with Gasteiger partial charge in [-0.15, -0.1) is 0 Å². The van der Waals surface area contributed by atoms with Crippen LogP contribution in [0.15, 0.2) is 48.6 Å². The van der Waals surface area contributed by atoms with Gasteiger partial charge in [-0.25, -0.2) is 4.57 Å². The maximum absolute atomic E-state index is 12.5. The Bertz CT molecular complexity index is 1040. The molecule has 288 valence electrons. The third-order valence-electron chi connectivity index (χ3n) is 7.59. The second-order valence-corrected chi connectivity index (χ2v) is 13.8. The Morgan fingerprint density at radius 2 is 1.12 bits per heavy atom. The molecule has 0 aromatic heterocycles. The second kappa shape index (κ2) is 33.6. The minimum absolute atomic E-state index is 0.133. The first-order valence-electron chi connectivity index (χ1n) is 18.7. The summed E-state index contributed by atoms with van der Waals surface area (Å²) in [5.74, 6) is -2.42. The van der Waals surface area contributed by atoms with Crippen molar-refractivity contribution in [2.45, 2.75) is 154 Å². The lowest BCUT2D eigenvalue weighted by molar-refractivity contribution is -0.161. The zero-order valence-corrected chi connectivity index (χ0v) is 31.6. The molecule has 0 fully saturated rings.